The van der Waals surface area contributed by atoms with Gasteiger partial charge in [-0.2, -0.15) is 0 Å². The van der Waals surface area contributed by atoms with Crippen LogP contribution in [0.1, 0.15) is 32.6 Å². The second-order valence-electron chi connectivity index (χ2n) is 7.21. The van der Waals surface area contributed by atoms with Gasteiger partial charge in [0.2, 0.25) is 0 Å². The number of morpholine rings is 1. The predicted octanol–water partition coefficient (Wildman–Crippen LogP) is 4.34. The molecule has 1 fully saturated rings. The molecule has 0 unspecified atom stereocenters. The third-order valence-electron chi connectivity index (χ3n) is 5.29. The molecular weight excluding hydrogens is 416 g/mol. The van der Waals surface area contributed by atoms with E-state index in [1.165, 1.54) is 6.26 Å². The standard InChI is InChI=1S/C23H26N2O5S/c1-15-14-17(23(31-15)24-22(26)19-8-5-11-30-19)20(25-9-12-29-13-10-25)16-6-4-7-18(27-2)21(16)28-3/h4-8,11,14,20H,9-10,12-13H2,1-3H3,(H,24,26)/t20-/m0/s1. The first-order valence-corrected chi connectivity index (χ1v) is 10.9. The number of rotatable bonds is 7. The van der Waals surface area contributed by atoms with Crippen molar-refractivity contribution in [1.29, 1.82) is 0 Å². The molecule has 0 bridgehead atoms. The van der Waals surface area contributed by atoms with E-state index < -0.39 is 0 Å². The molecule has 1 N–H and O–H groups in total. The highest BCUT2D eigenvalue weighted by Crippen LogP contribution is 2.44. The van der Waals surface area contributed by atoms with Gasteiger partial charge in [-0.15, -0.1) is 11.3 Å². The lowest BCUT2D eigenvalue weighted by molar-refractivity contribution is 0.0237. The molecule has 0 radical (unpaired) electrons. The predicted molar refractivity (Wildman–Crippen MR) is 119 cm³/mol. The topological polar surface area (TPSA) is 73.2 Å². The minimum Gasteiger partial charge on any atom is -0.493 e. The van der Waals surface area contributed by atoms with Crippen LogP contribution in [0.4, 0.5) is 5.00 Å². The molecule has 3 heterocycles. The number of thiophene rings is 1. The van der Waals surface area contributed by atoms with Crippen LogP contribution < -0.4 is 14.8 Å². The van der Waals surface area contributed by atoms with Crippen molar-refractivity contribution < 1.29 is 23.4 Å². The molecule has 0 saturated carbocycles. The van der Waals surface area contributed by atoms with Crippen molar-refractivity contribution in [2.45, 2.75) is 13.0 Å². The van der Waals surface area contributed by atoms with Gasteiger partial charge in [0.1, 0.15) is 5.00 Å². The molecule has 1 amide bonds. The summed E-state index contributed by atoms with van der Waals surface area (Å²) >= 11 is 1.55. The maximum Gasteiger partial charge on any atom is 0.291 e. The van der Waals surface area contributed by atoms with Gasteiger partial charge < -0.3 is 23.9 Å². The quantitative estimate of drug-likeness (QED) is 0.587. The number of aryl methyl sites for hydroxylation is 1. The monoisotopic (exact) mass is 442 g/mol. The zero-order valence-corrected chi connectivity index (χ0v) is 18.7. The van der Waals surface area contributed by atoms with Gasteiger partial charge in [0.05, 0.1) is 39.7 Å². The van der Waals surface area contributed by atoms with E-state index in [9.17, 15) is 4.79 Å². The summed E-state index contributed by atoms with van der Waals surface area (Å²) in [6, 6.07) is 11.2. The number of nitrogens with one attached hydrogen (secondary N) is 1. The average Bonchev–Trinajstić information content (AvgIpc) is 3.45. The second kappa shape index (κ2) is 9.55. The van der Waals surface area contributed by atoms with E-state index in [2.05, 4.69) is 16.3 Å². The number of nitrogens with zero attached hydrogens (tertiary/aromatic N) is 1. The van der Waals surface area contributed by atoms with Crippen LogP contribution in [0.5, 0.6) is 11.5 Å². The summed E-state index contributed by atoms with van der Waals surface area (Å²) in [6.45, 7) is 4.88. The summed E-state index contributed by atoms with van der Waals surface area (Å²) in [5.74, 6) is 1.37. The van der Waals surface area contributed by atoms with Gasteiger partial charge >= 0.3 is 0 Å². The lowest BCUT2D eigenvalue weighted by Gasteiger charge is -2.36. The number of para-hydroxylation sites is 1. The average molecular weight is 443 g/mol. The van der Waals surface area contributed by atoms with Crippen molar-refractivity contribution in [3.05, 3.63) is 64.4 Å². The lowest BCUT2D eigenvalue weighted by Crippen LogP contribution is -2.39. The zero-order chi connectivity index (χ0) is 21.8. The van der Waals surface area contributed by atoms with Crippen molar-refractivity contribution in [2.75, 3.05) is 45.8 Å². The first-order valence-electron chi connectivity index (χ1n) is 10.1. The van der Waals surface area contributed by atoms with Crippen molar-refractivity contribution >= 4 is 22.2 Å². The van der Waals surface area contributed by atoms with E-state index in [1.807, 2.05) is 25.1 Å². The number of hydrogen-bond acceptors (Lipinski definition) is 7. The summed E-state index contributed by atoms with van der Waals surface area (Å²) in [7, 11) is 3.28. The van der Waals surface area contributed by atoms with Crippen molar-refractivity contribution in [3.63, 3.8) is 0 Å². The summed E-state index contributed by atoms with van der Waals surface area (Å²) in [6.07, 6.45) is 1.49. The van der Waals surface area contributed by atoms with E-state index in [1.54, 1.807) is 37.7 Å². The molecule has 0 spiro atoms. The Morgan fingerprint density at radius 2 is 1.94 bits per heavy atom. The Balaban J connectivity index is 1.79. The number of hydrogen-bond donors (Lipinski definition) is 1. The van der Waals surface area contributed by atoms with Gasteiger partial charge in [0.25, 0.3) is 5.91 Å². The van der Waals surface area contributed by atoms with Gasteiger partial charge in [-0.05, 0) is 31.2 Å². The molecule has 31 heavy (non-hydrogen) atoms. The molecule has 1 aromatic carbocycles. The summed E-state index contributed by atoms with van der Waals surface area (Å²) < 4.78 is 22.2. The largest absolute Gasteiger partial charge is 0.493 e. The van der Waals surface area contributed by atoms with Crippen LogP contribution in [0.2, 0.25) is 0 Å². The molecule has 4 rings (SSSR count). The van der Waals surface area contributed by atoms with E-state index >= 15 is 0 Å². The SMILES string of the molecule is COc1cccc([C@@H](c2cc(C)sc2NC(=O)c2ccco2)N2CCOCC2)c1OC. The fourth-order valence-corrected chi connectivity index (χ4v) is 4.87. The van der Waals surface area contributed by atoms with Crippen LogP contribution in [0.3, 0.4) is 0 Å². The second-order valence-corrected chi connectivity index (χ2v) is 8.46. The zero-order valence-electron chi connectivity index (χ0n) is 17.8. The maximum atomic E-state index is 12.7. The van der Waals surface area contributed by atoms with Gasteiger partial charge in [-0.3, -0.25) is 9.69 Å². The van der Waals surface area contributed by atoms with Crippen LogP contribution in [0.15, 0.2) is 47.1 Å². The van der Waals surface area contributed by atoms with E-state index in [-0.39, 0.29) is 17.7 Å². The highest BCUT2D eigenvalue weighted by atomic mass is 32.1. The Labute approximate surface area is 185 Å². The number of ether oxygens (including phenoxy) is 3. The Bertz CT molecular complexity index is 1020. The summed E-state index contributed by atoms with van der Waals surface area (Å²) in [5, 5.41) is 3.84. The Kier molecular flexibility index (Phi) is 6.60. The number of anilines is 1. The number of furan rings is 1. The Morgan fingerprint density at radius 3 is 2.61 bits per heavy atom. The van der Waals surface area contributed by atoms with Crippen LogP contribution >= 0.6 is 11.3 Å². The Hall–Kier alpha value is -2.81. The fourth-order valence-electron chi connectivity index (χ4n) is 3.93. The molecule has 8 heteroatoms. The molecule has 1 atom stereocenters. The molecule has 2 aromatic heterocycles. The van der Waals surface area contributed by atoms with Crippen LogP contribution in [0, 0.1) is 6.92 Å². The van der Waals surface area contributed by atoms with Gasteiger partial charge in [0, 0.05) is 29.1 Å². The van der Waals surface area contributed by atoms with Crippen molar-refractivity contribution in [3.8, 4) is 11.5 Å². The van der Waals surface area contributed by atoms with Crippen molar-refractivity contribution in [2.24, 2.45) is 0 Å². The van der Waals surface area contributed by atoms with Crippen molar-refractivity contribution in [1.82, 2.24) is 4.90 Å². The normalized spacial score (nSPS) is 15.5. The van der Waals surface area contributed by atoms with E-state index in [0.717, 1.165) is 34.1 Å². The number of benzene rings is 1. The first kappa shape index (κ1) is 21.4. The fraction of sp³-hybridized carbons (Fsp3) is 0.348. The van der Waals surface area contributed by atoms with Crippen LogP contribution in [-0.2, 0) is 4.74 Å². The smallest absolute Gasteiger partial charge is 0.291 e. The minimum atomic E-state index is -0.272. The van der Waals surface area contributed by atoms with Gasteiger partial charge in [-0.1, -0.05) is 12.1 Å². The molecule has 3 aromatic rings. The highest BCUT2D eigenvalue weighted by molar-refractivity contribution is 7.16. The van der Waals surface area contributed by atoms with E-state index in [4.69, 9.17) is 18.6 Å². The number of carbonyl (C=O) groups excluding carboxylic acids is 1. The molecule has 1 aliphatic rings. The van der Waals surface area contributed by atoms with Crippen LogP contribution in [-0.4, -0.2) is 51.3 Å². The third-order valence-corrected chi connectivity index (χ3v) is 6.27. The number of methoxy groups -OCH3 is 2. The molecular formula is C23H26N2O5S. The van der Waals surface area contributed by atoms with E-state index in [0.29, 0.717) is 24.7 Å². The third kappa shape index (κ3) is 4.46. The molecule has 7 nitrogen and oxygen atoms in total. The lowest BCUT2D eigenvalue weighted by atomic mass is 9.96. The first-order chi connectivity index (χ1) is 15.1. The maximum absolute atomic E-state index is 12.7. The summed E-state index contributed by atoms with van der Waals surface area (Å²) in [5.41, 5.74) is 1.99. The Morgan fingerprint density at radius 1 is 1.13 bits per heavy atom. The minimum absolute atomic E-state index is 0.134. The molecule has 0 aliphatic carbocycles. The summed E-state index contributed by atoms with van der Waals surface area (Å²) in [4.78, 5) is 16.2. The highest BCUT2D eigenvalue weighted by Gasteiger charge is 2.31. The number of carbonyl (C=O) groups is 1. The molecule has 164 valence electrons. The molecule has 1 saturated heterocycles. The molecule has 1 aliphatic heterocycles. The number of amides is 1. The van der Waals surface area contributed by atoms with Gasteiger partial charge in [-0.25, -0.2) is 0 Å². The van der Waals surface area contributed by atoms with Crippen LogP contribution in [0.25, 0.3) is 0 Å². The van der Waals surface area contributed by atoms with Gasteiger partial charge in [0.15, 0.2) is 17.3 Å².